The maximum atomic E-state index is 12.4. The predicted octanol–water partition coefficient (Wildman–Crippen LogP) is 3.02. The molecule has 27 heavy (non-hydrogen) atoms. The van der Waals surface area contributed by atoms with E-state index in [1.165, 1.54) is 18.9 Å². The van der Waals surface area contributed by atoms with Crippen LogP contribution < -0.4 is 20.7 Å². The molecule has 1 fully saturated rings. The molecule has 0 bridgehead atoms. The zero-order valence-corrected chi connectivity index (χ0v) is 17.7. The van der Waals surface area contributed by atoms with E-state index in [1.807, 2.05) is 0 Å². The molecule has 0 saturated heterocycles. The number of alkyl halides is 2. The monoisotopic (exact) mass is 496 g/mol. The number of para-hydroxylation sites is 1. The summed E-state index contributed by atoms with van der Waals surface area (Å²) in [5.41, 5.74) is 0.592. The Morgan fingerprint density at radius 2 is 1.96 bits per heavy atom. The fourth-order valence-electron chi connectivity index (χ4n) is 2.92. The highest BCUT2D eigenvalue weighted by atomic mass is 127. The van der Waals surface area contributed by atoms with Crippen LogP contribution in [0.5, 0.6) is 5.75 Å². The number of amides is 1. The van der Waals surface area contributed by atoms with Gasteiger partial charge in [0, 0.05) is 38.2 Å². The average molecular weight is 496 g/mol. The number of hydrogen-bond acceptors (Lipinski definition) is 3. The summed E-state index contributed by atoms with van der Waals surface area (Å²) in [6, 6.07) is 6.89. The van der Waals surface area contributed by atoms with Gasteiger partial charge in [-0.05, 0) is 18.9 Å². The largest absolute Gasteiger partial charge is 0.434 e. The third-order valence-electron chi connectivity index (χ3n) is 4.22. The second-order valence-electron chi connectivity index (χ2n) is 6.14. The molecule has 0 radical (unpaired) electrons. The van der Waals surface area contributed by atoms with Gasteiger partial charge in [0.25, 0.3) is 0 Å². The molecule has 0 aromatic heterocycles. The van der Waals surface area contributed by atoms with Crippen molar-refractivity contribution in [3.05, 3.63) is 29.8 Å². The molecule has 6 nitrogen and oxygen atoms in total. The van der Waals surface area contributed by atoms with Crippen LogP contribution >= 0.6 is 24.0 Å². The number of benzene rings is 1. The molecule has 1 aliphatic rings. The number of ether oxygens (including phenoxy) is 1. The highest BCUT2D eigenvalue weighted by Crippen LogP contribution is 2.20. The van der Waals surface area contributed by atoms with E-state index in [9.17, 15) is 13.6 Å². The summed E-state index contributed by atoms with van der Waals surface area (Å²) >= 11 is 0. The molecule has 1 amide bonds. The first-order valence-corrected chi connectivity index (χ1v) is 8.85. The Kier molecular flexibility index (Phi) is 11.0. The van der Waals surface area contributed by atoms with Crippen LogP contribution in [0.4, 0.5) is 8.78 Å². The smallest absolute Gasteiger partial charge is 0.387 e. The summed E-state index contributed by atoms with van der Waals surface area (Å²) in [5.74, 6) is 0.641. The van der Waals surface area contributed by atoms with Gasteiger partial charge in [-0.3, -0.25) is 9.79 Å². The third kappa shape index (κ3) is 8.72. The Labute approximate surface area is 175 Å². The number of carbonyl (C=O) groups is 1. The second kappa shape index (κ2) is 12.7. The summed E-state index contributed by atoms with van der Waals surface area (Å²) in [6.45, 7) is -2.16. The molecule has 3 N–H and O–H groups in total. The third-order valence-corrected chi connectivity index (χ3v) is 4.22. The Morgan fingerprint density at radius 3 is 2.63 bits per heavy atom. The van der Waals surface area contributed by atoms with Crippen LogP contribution in [-0.4, -0.2) is 38.1 Å². The molecule has 152 valence electrons. The zero-order valence-electron chi connectivity index (χ0n) is 15.3. The first kappa shape index (κ1) is 23.4. The van der Waals surface area contributed by atoms with Gasteiger partial charge in [0.15, 0.2) is 5.96 Å². The quantitative estimate of drug-likeness (QED) is 0.294. The van der Waals surface area contributed by atoms with Crippen molar-refractivity contribution in [3.63, 3.8) is 0 Å². The van der Waals surface area contributed by atoms with E-state index in [4.69, 9.17) is 0 Å². The van der Waals surface area contributed by atoms with Crippen LogP contribution in [0.2, 0.25) is 0 Å². The molecular weight excluding hydrogens is 469 g/mol. The van der Waals surface area contributed by atoms with Gasteiger partial charge in [-0.2, -0.15) is 8.78 Å². The van der Waals surface area contributed by atoms with Crippen LogP contribution in [0.3, 0.4) is 0 Å². The molecule has 1 aromatic rings. The molecule has 0 spiro atoms. The number of halogens is 3. The number of guanidine groups is 1. The van der Waals surface area contributed by atoms with E-state index in [2.05, 4.69) is 25.7 Å². The SMILES string of the molecule is CN=C(NCCC(=O)NC1CCCC1)NCc1ccccc1OC(F)F.I. The summed E-state index contributed by atoms with van der Waals surface area (Å²) in [6.07, 6.45) is 4.82. The summed E-state index contributed by atoms with van der Waals surface area (Å²) in [5, 5.41) is 9.10. The van der Waals surface area contributed by atoms with Crippen molar-refractivity contribution in [2.45, 2.75) is 51.3 Å². The molecule has 9 heteroatoms. The van der Waals surface area contributed by atoms with Crippen molar-refractivity contribution in [3.8, 4) is 5.75 Å². The highest BCUT2D eigenvalue weighted by Gasteiger charge is 2.16. The Morgan fingerprint density at radius 1 is 1.26 bits per heavy atom. The molecule has 0 heterocycles. The molecule has 1 aromatic carbocycles. The number of carbonyl (C=O) groups excluding carboxylic acids is 1. The van der Waals surface area contributed by atoms with Crippen molar-refractivity contribution in [1.29, 1.82) is 0 Å². The Bertz CT molecular complexity index is 611. The van der Waals surface area contributed by atoms with Gasteiger partial charge in [-0.25, -0.2) is 0 Å². The summed E-state index contributed by atoms with van der Waals surface area (Å²) < 4.78 is 29.4. The van der Waals surface area contributed by atoms with Gasteiger partial charge in [-0.15, -0.1) is 24.0 Å². The minimum atomic E-state index is -2.87. The van der Waals surface area contributed by atoms with Crippen molar-refractivity contribution in [2.75, 3.05) is 13.6 Å². The highest BCUT2D eigenvalue weighted by molar-refractivity contribution is 14.0. The van der Waals surface area contributed by atoms with Crippen LogP contribution in [0.1, 0.15) is 37.7 Å². The zero-order chi connectivity index (χ0) is 18.8. The van der Waals surface area contributed by atoms with Gasteiger partial charge in [0.2, 0.25) is 5.91 Å². The molecule has 1 aliphatic carbocycles. The minimum absolute atomic E-state index is 0. The first-order chi connectivity index (χ1) is 12.6. The van der Waals surface area contributed by atoms with Crippen molar-refractivity contribution in [1.82, 2.24) is 16.0 Å². The van der Waals surface area contributed by atoms with Crippen molar-refractivity contribution in [2.24, 2.45) is 4.99 Å². The van der Waals surface area contributed by atoms with Crippen LogP contribution in [0, 0.1) is 0 Å². The molecular formula is C18H27F2IN4O2. The predicted molar refractivity (Wildman–Crippen MR) is 112 cm³/mol. The van der Waals surface area contributed by atoms with Gasteiger partial charge >= 0.3 is 6.61 Å². The number of rotatable bonds is 8. The Balaban J connectivity index is 0.00000364. The van der Waals surface area contributed by atoms with E-state index < -0.39 is 6.61 Å². The molecule has 0 atom stereocenters. The van der Waals surface area contributed by atoms with Gasteiger partial charge in [-0.1, -0.05) is 31.0 Å². The minimum Gasteiger partial charge on any atom is -0.434 e. The summed E-state index contributed by atoms with van der Waals surface area (Å²) in [4.78, 5) is 16.0. The topological polar surface area (TPSA) is 74.8 Å². The van der Waals surface area contributed by atoms with Crippen LogP contribution in [-0.2, 0) is 11.3 Å². The number of aliphatic imine (C=N–C) groups is 1. The number of nitrogens with zero attached hydrogens (tertiary/aromatic N) is 1. The maximum absolute atomic E-state index is 12.4. The fourth-order valence-corrected chi connectivity index (χ4v) is 2.92. The lowest BCUT2D eigenvalue weighted by Crippen LogP contribution is -2.40. The molecule has 0 unspecified atom stereocenters. The lowest BCUT2D eigenvalue weighted by Gasteiger charge is -2.15. The van der Waals surface area contributed by atoms with Crippen LogP contribution in [0.25, 0.3) is 0 Å². The van der Waals surface area contributed by atoms with Gasteiger partial charge in [0.1, 0.15) is 5.75 Å². The van der Waals surface area contributed by atoms with Crippen molar-refractivity contribution >= 4 is 35.8 Å². The maximum Gasteiger partial charge on any atom is 0.387 e. The van der Waals surface area contributed by atoms with Crippen LogP contribution in [0.15, 0.2) is 29.3 Å². The lowest BCUT2D eigenvalue weighted by molar-refractivity contribution is -0.121. The van der Waals surface area contributed by atoms with E-state index in [-0.39, 0.29) is 42.2 Å². The van der Waals surface area contributed by atoms with E-state index >= 15 is 0 Å². The molecule has 0 aliphatic heterocycles. The van der Waals surface area contributed by atoms with Gasteiger partial charge < -0.3 is 20.7 Å². The fraction of sp³-hybridized carbons (Fsp3) is 0.556. The standard InChI is InChI=1S/C18H26F2N4O2.HI/c1-21-18(22-11-10-16(25)24-14-7-3-4-8-14)23-12-13-6-2-5-9-15(13)26-17(19)20;/h2,5-6,9,14,17H,3-4,7-8,10-12H2,1H3,(H,24,25)(H2,21,22,23);1H. The molecule has 1 saturated carbocycles. The normalized spacial score (nSPS) is 14.6. The lowest BCUT2D eigenvalue weighted by atomic mass is 10.2. The van der Waals surface area contributed by atoms with Crippen molar-refractivity contribution < 1.29 is 18.3 Å². The van der Waals surface area contributed by atoms with Gasteiger partial charge in [0.05, 0.1) is 0 Å². The average Bonchev–Trinajstić information content (AvgIpc) is 3.11. The first-order valence-electron chi connectivity index (χ1n) is 8.85. The number of nitrogens with one attached hydrogen (secondary N) is 3. The Hall–Kier alpha value is -1.65. The molecule has 2 rings (SSSR count). The number of hydrogen-bond donors (Lipinski definition) is 3. The van der Waals surface area contributed by atoms with E-state index in [1.54, 1.807) is 25.2 Å². The second-order valence-corrected chi connectivity index (χ2v) is 6.14. The van der Waals surface area contributed by atoms with E-state index in [0.29, 0.717) is 30.5 Å². The van der Waals surface area contributed by atoms with E-state index in [0.717, 1.165) is 12.8 Å². The summed E-state index contributed by atoms with van der Waals surface area (Å²) in [7, 11) is 1.61.